The van der Waals surface area contributed by atoms with Gasteiger partial charge in [-0.3, -0.25) is 0 Å². The van der Waals surface area contributed by atoms with Gasteiger partial charge in [-0.1, -0.05) is 12.2 Å². The van der Waals surface area contributed by atoms with E-state index >= 15 is 0 Å². The molecule has 0 saturated carbocycles. The van der Waals surface area contributed by atoms with Gasteiger partial charge in [0.15, 0.2) is 0 Å². The van der Waals surface area contributed by atoms with E-state index in [0.717, 1.165) is 19.3 Å². The molecule has 0 fully saturated rings. The highest BCUT2D eigenvalue weighted by molar-refractivity contribution is 7.39. The summed E-state index contributed by atoms with van der Waals surface area (Å²) >= 11 is 0. The summed E-state index contributed by atoms with van der Waals surface area (Å²) in [5.41, 5.74) is 0. The summed E-state index contributed by atoms with van der Waals surface area (Å²) < 4.78 is 4.82. The highest BCUT2D eigenvalue weighted by atomic mass is 31.2. The summed E-state index contributed by atoms with van der Waals surface area (Å²) in [5, 5.41) is 0. The number of hydrogen-bond donors (Lipinski definition) is 2. The van der Waals surface area contributed by atoms with Crippen molar-refractivity contribution in [2.75, 3.05) is 0 Å². The predicted molar refractivity (Wildman–Crippen MR) is 39.2 cm³/mol. The Bertz CT molecular complexity index is 124. The average Bonchev–Trinajstić information content (AvgIpc) is 1.88. The molecule has 0 heterocycles. The normalized spacial score (nSPS) is 25.7. The van der Waals surface area contributed by atoms with Crippen LogP contribution in [-0.4, -0.2) is 15.9 Å². The molecule has 0 spiro atoms. The average molecular weight is 162 g/mol. The van der Waals surface area contributed by atoms with Crippen LogP contribution in [0.3, 0.4) is 0 Å². The van der Waals surface area contributed by atoms with Gasteiger partial charge in [-0.05, 0) is 19.3 Å². The molecular weight excluding hydrogens is 151 g/mol. The van der Waals surface area contributed by atoms with Crippen LogP contribution < -0.4 is 0 Å². The van der Waals surface area contributed by atoms with Gasteiger partial charge in [-0.25, -0.2) is 0 Å². The quantitative estimate of drug-likeness (QED) is 0.475. The molecule has 2 N–H and O–H groups in total. The fraction of sp³-hybridized carbons (Fsp3) is 0.667. The van der Waals surface area contributed by atoms with Crippen molar-refractivity contribution < 1.29 is 14.3 Å². The van der Waals surface area contributed by atoms with Crippen molar-refractivity contribution in [2.24, 2.45) is 0 Å². The highest BCUT2D eigenvalue weighted by Gasteiger charge is 2.13. The molecule has 0 saturated heterocycles. The molecule has 58 valence electrons. The molecule has 10 heavy (non-hydrogen) atoms. The lowest BCUT2D eigenvalue weighted by Gasteiger charge is -2.17. The fourth-order valence-electron chi connectivity index (χ4n) is 0.995. The lowest BCUT2D eigenvalue weighted by atomic mass is 10.1. The van der Waals surface area contributed by atoms with Crippen LogP contribution in [-0.2, 0) is 4.52 Å². The molecule has 1 aliphatic rings. The van der Waals surface area contributed by atoms with Crippen molar-refractivity contribution in [1.82, 2.24) is 0 Å². The first kappa shape index (κ1) is 8.15. The maximum atomic E-state index is 8.48. The Morgan fingerprint density at radius 1 is 1.40 bits per heavy atom. The first-order valence-corrected chi connectivity index (χ1v) is 4.45. The molecule has 0 radical (unpaired) electrons. The molecule has 3 nitrogen and oxygen atoms in total. The van der Waals surface area contributed by atoms with Crippen molar-refractivity contribution in [3.63, 3.8) is 0 Å². The van der Waals surface area contributed by atoms with E-state index in [1.165, 1.54) is 0 Å². The zero-order valence-corrected chi connectivity index (χ0v) is 6.50. The monoisotopic (exact) mass is 162 g/mol. The van der Waals surface area contributed by atoms with Crippen LogP contribution >= 0.6 is 8.60 Å². The molecule has 0 aliphatic heterocycles. The minimum Gasteiger partial charge on any atom is -0.328 e. The van der Waals surface area contributed by atoms with E-state index in [1.54, 1.807) is 0 Å². The van der Waals surface area contributed by atoms with Gasteiger partial charge in [0.1, 0.15) is 0 Å². The van der Waals surface area contributed by atoms with Gasteiger partial charge in [0, 0.05) is 0 Å². The Labute approximate surface area is 61.3 Å². The molecule has 0 bridgehead atoms. The van der Waals surface area contributed by atoms with Crippen molar-refractivity contribution in [3.05, 3.63) is 12.2 Å². The third-order valence-electron chi connectivity index (χ3n) is 1.46. The summed E-state index contributed by atoms with van der Waals surface area (Å²) in [7, 11) is -2.16. The van der Waals surface area contributed by atoms with Crippen molar-refractivity contribution >= 4 is 8.60 Å². The van der Waals surface area contributed by atoms with Crippen LogP contribution in [0.15, 0.2) is 12.2 Å². The molecule has 1 atom stereocenters. The summed E-state index contributed by atoms with van der Waals surface area (Å²) in [5.74, 6) is 0. The minimum absolute atomic E-state index is 0.0195. The van der Waals surface area contributed by atoms with Crippen LogP contribution in [0, 0.1) is 0 Å². The lowest BCUT2D eigenvalue weighted by Crippen LogP contribution is -2.10. The van der Waals surface area contributed by atoms with E-state index in [1.807, 2.05) is 6.08 Å². The first-order valence-electron chi connectivity index (χ1n) is 3.28. The topological polar surface area (TPSA) is 49.7 Å². The van der Waals surface area contributed by atoms with Gasteiger partial charge < -0.3 is 14.3 Å². The van der Waals surface area contributed by atoms with Gasteiger partial charge in [-0.2, -0.15) is 0 Å². The molecule has 0 aromatic heterocycles. The summed E-state index contributed by atoms with van der Waals surface area (Å²) in [6.07, 6.45) is 6.79. The van der Waals surface area contributed by atoms with Crippen molar-refractivity contribution in [1.29, 1.82) is 0 Å². The smallest absolute Gasteiger partial charge is 0.327 e. The zero-order valence-electron chi connectivity index (χ0n) is 5.60. The SMILES string of the molecule is OP(O)OC1CC=CCC1. The van der Waals surface area contributed by atoms with E-state index < -0.39 is 8.60 Å². The third-order valence-corrected chi connectivity index (χ3v) is 1.95. The van der Waals surface area contributed by atoms with Crippen LogP contribution in [0.25, 0.3) is 0 Å². The Morgan fingerprint density at radius 2 is 2.20 bits per heavy atom. The van der Waals surface area contributed by atoms with Crippen LogP contribution in [0.5, 0.6) is 0 Å². The van der Waals surface area contributed by atoms with Gasteiger partial charge in [0.2, 0.25) is 0 Å². The summed E-state index contributed by atoms with van der Waals surface area (Å²) in [4.78, 5) is 17.0. The van der Waals surface area contributed by atoms with Crippen molar-refractivity contribution in [2.45, 2.75) is 25.4 Å². The molecule has 0 amide bonds. The van der Waals surface area contributed by atoms with Crippen molar-refractivity contribution in [3.8, 4) is 0 Å². The molecule has 1 aliphatic carbocycles. The van der Waals surface area contributed by atoms with E-state index in [-0.39, 0.29) is 6.10 Å². The number of hydrogen-bond acceptors (Lipinski definition) is 3. The predicted octanol–water partition coefficient (Wildman–Crippen LogP) is 1.32. The second kappa shape index (κ2) is 4.04. The maximum Gasteiger partial charge on any atom is 0.327 e. The first-order chi connectivity index (χ1) is 4.79. The summed E-state index contributed by atoms with van der Waals surface area (Å²) in [6.45, 7) is 0. The van der Waals surface area contributed by atoms with E-state index in [0.29, 0.717) is 0 Å². The minimum atomic E-state index is -2.16. The maximum absolute atomic E-state index is 8.48. The Kier molecular flexibility index (Phi) is 3.29. The van der Waals surface area contributed by atoms with E-state index in [2.05, 4.69) is 6.08 Å². The third kappa shape index (κ3) is 2.76. The fourth-order valence-corrected chi connectivity index (χ4v) is 1.45. The van der Waals surface area contributed by atoms with Gasteiger partial charge in [0.05, 0.1) is 6.10 Å². The molecule has 1 unspecified atom stereocenters. The zero-order chi connectivity index (χ0) is 7.40. The van der Waals surface area contributed by atoms with Crippen LogP contribution in [0.2, 0.25) is 0 Å². The summed E-state index contributed by atoms with van der Waals surface area (Å²) in [6, 6.07) is 0. The van der Waals surface area contributed by atoms with Gasteiger partial charge in [0.25, 0.3) is 0 Å². The van der Waals surface area contributed by atoms with Gasteiger partial charge >= 0.3 is 8.60 Å². The van der Waals surface area contributed by atoms with Crippen LogP contribution in [0.1, 0.15) is 19.3 Å². The molecular formula is C6H11O3P. The number of allylic oxidation sites excluding steroid dienone is 1. The Morgan fingerprint density at radius 3 is 2.70 bits per heavy atom. The largest absolute Gasteiger partial charge is 0.328 e. The Balaban J connectivity index is 2.22. The second-order valence-electron chi connectivity index (χ2n) is 2.26. The highest BCUT2D eigenvalue weighted by Crippen LogP contribution is 2.31. The van der Waals surface area contributed by atoms with E-state index in [9.17, 15) is 0 Å². The second-order valence-corrected chi connectivity index (χ2v) is 2.98. The van der Waals surface area contributed by atoms with E-state index in [4.69, 9.17) is 14.3 Å². The Hall–Kier alpha value is 0.0500. The number of rotatable bonds is 2. The molecule has 4 heteroatoms. The molecule has 0 aromatic carbocycles. The van der Waals surface area contributed by atoms with Gasteiger partial charge in [-0.15, -0.1) is 0 Å². The lowest BCUT2D eigenvalue weighted by molar-refractivity contribution is 0.162. The standard InChI is InChI=1S/C6H11O3P/c7-10(8)9-6-4-2-1-3-5-6/h1-2,6-8H,3-5H2. The molecule has 0 aromatic rings. The molecule has 1 rings (SSSR count). The van der Waals surface area contributed by atoms with Crippen LogP contribution in [0.4, 0.5) is 0 Å².